The summed E-state index contributed by atoms with van der Waals surface area (Å²) in [6.07, 6.45) is 5.68. The molecule has 2 atom stereocenters. The molecule has 4 rings (SSSR count). The fourth-order valence-electron chi connectivity index (χ4n) is 5.15. The summed E-state index contributed by atoms with van der Waals surface area (Å²) in [5.74, 6) is 2.22. The fourth-order valence-corrected chi connectivity index (χ4v) is 5.15. The number of benzene rings is 2. The summed E-state index contributed by atoms with van der Waals surface area (Å²) in [5.41, 5.74) is 1.58. The third-order valence-corrected chi connectivity index (χ3v) is 7.07. The minimum absolute atomic E-state index is 0.134. The molecular weight excluding hydrogens is 466 g/mol. The second-order valence-corrected chi connectivity index (χ2v) is 11.3. The lowest BCUT2D eigenvalue weighted by atomic mass is 9.79. The Hall–Kier alpha value is -3.22. The molecular formula is C30H41N3O4. The maximum absolute atomic E-state index is 12.7. The predicted octanol–water partition coefficient (Wildman–Crippen LogP) is 6.20. The summed E-state index contributed by atoms with van der Waals surface area (Å²) in [5, 5.41) is 3.00. The summed E-state index contributed by atoms with van der Waals surface area (Å²) >= 11 is 0. The average molecular weight is 508 g/mol. The largest absolute Gasteiger partial charge is 0.493 e. The van der Waals surface area contributed by atoms with Crippen LogP contribution >= 0.6 is 0 Å². The Labute approximate surface area is 221 Å². The number of anilines is 1. The van der Waals surface area contributed by atoms with Crippen LogP contribution in [-0.2, 0) is 11.2 Å². The van der Waals surface area contributed by atoms with Gasteiger partial charge in [-0.3, -0.25) is 0 Å². The Morgan fingerprint density at radius 1 is 0.892 bits per heavy atom. The van der Waals surface area contributed by atoms with Gasteiger partial charge < -0.3 is 24.6 Å². The standard InChI is InChI=1S/C30H41N3O4/c1-30(2,3)37-29(35)33-18-16-32(17-19-33)28(34)31-26-14-12-23(13-15-26)20-24-8-7-9-25(21-24)22-36-27-10-5-4-6-11-27/h4-6,10-15,24-25H,7-9,16-22H2,1-3H3,(H,31,34). The average Bonchev–Trinajstić information content (AvgIpc) is 2.88. The van der Waals surface area contributed by atoms with Crippen LogP contribution in [0.15, 0.2) is 54.6 Å². The summed E-state index contributed by atoms with van der Waals surface area (Å²) in [6, 6.07) is 18.2. The maximum atomic E-state index is 12.7. The van der Waals surface area contributed by atoms with E-state index in [1.807, 2.05) is 63.2 Å². The summed E-state index contributed by atoms with van der Waals surface area (Å²) in [4.78, 5) is 28.4. The zero-order valence-electron chi connectivity index (χ0n) is 22.4. The highest BCUT2D eigenvalue weighted by molar-refractivity contribution is 5.89. The van der Waals surface area contributed by atoms with Gasteiger partial charge in [0, 0.05) is 31.9 Å². The molecule has 2 unspecified atom stereocenters. The van der Waals surface area contributed by atoms with Crippen LogP contribution in [0.1, 0.15) is 52.0 Å². The fraction of sp³-hybridized carbons (Fsp3) is 0.533. The van der Waals surface area contributed by atoms with Crippen molar-refractivity contribution in [3.8, 4) is 5.75 Å². The second-order valence-electron chi connectivity index (χ2n) is 11.3. The van der Waals surface area contributed by atoms with Crippen molar-refractivity contribution in [1.29, 1.82) is 0 Å². The molecule has 0 spiro atoms. The van der Waals surface area contributed by atoms with Crippen molar-refractivity contribution in [2.45, 2.75) is 58.5 Å². The first kappa shape index (κ1) is 26.8. The number of hydrogen-bond donors (Lipinski definition) is 1. The molecule has 1 aliphatic heterocycles. The minimum atomic E-state index is -0.521. The normalized spacial score (nSPS) is 20.3. The Balaban J connectivity index is 1.19. The van der Waals surface area contributed by atoms with Gasteiger partial charge in [-0.05, 0) is 81.7 Å². The highest BCUT2D eigenvalue weighted by atomic mass is 16.6. The van der Waals surface area contributed by atoms with Crippen molar-refractivity contribution in [3.05, 3.63) is 60.2 Å². The van der Waals surface area contributed by atoms with Gasteiger partial charge in [-0.2, -0.15) is 0 Å². The number of carbonyl (C=O) groups excluding carboxylic acids is 2. The van der Waals surface area contributed by atoms with Gasteiger partial charge in [0.05, 0.1) is 6.61 Å². The lowest BCUT2D eigenvalue weighted by Crippen LogP contribution is -2.52. The van der Waals surface area contributed by atoms with Crippen LogP contribution in [0.3, 0.4) is 0 Å². The lowest BCUT2D eigenvalue weighted by molar-refractivity contribution is 0.0174. The van der Waals surface area contributed by atoms with Gasteiger partial charge >= 0.3 is 12.1 Å². The van der Waals surface area contributed by atoms with Gasteiger partial charge in [0.15, 0.2) is 0 Å². The molecule has 2 aromatic rings. The number of nitrogens with zero attached hydrogens (tertiary/aromatic N) is 2. The molecule has 1 heterocycles. The van der Waals surface area contributed by atoms with E-state index in [1.54, 1.807) is 9.80 Å². The van der Waals surface area contributed by atoms with Gasteiger partial charge in [-0.25, -0.2) is 9.59 Å². The molecule has 0 aromatic heterocycles. The van der Waals surface area contributed by atoms with Crippen LogP contribution in [0.2, 0.25) is 0 Å². The van der Waals surface area contributed by atoms with E-state index in [4.69, 9.17) is 9.47 Å². The van der Waals surface area contributed by atoms with E-state index in [1.165, 1.54) is 31.2 Å². The Morgan fingerprint density at radius 3 is 2.22 bits per heavy atom. The molecule has 3 amide bonds. The van der Waals surface area contributed by atoms with Crippen molar-refractivity contribution in [1.82, 2.24) is 9.80 Å². The second kappa shape index (κ2) is 12.3. The summed E-state index contributed by atoms with van der Waals surface area (Å²) in [6.45, 7) is 8.27. The van der Waals surface area contributed by atoms with Crippen LogP contribution < -0.4 is 10.1 Å². The molecule has 2 aliphatic rings. The van der Waals surface area contributed by atoms with Crippen LogP contribution in [0.25, 0.3) is 0 Å². The summed E-state index contributed by atoms with van der Waals surface area (Å²) < 4.78 is 11.4. The molecule has 1 N–H and O–H groups in total. The van der Waals surface area contributed by atoms with E-state index in [9.17, 15) is 9.59 Å². The number of hydrogen-bond acceptors (Lipinski definition) is 4. The van der Waals surface area contributed by atoms with Crippen LogP contribution in [0, 0.1) is 11.8 Å². The molecule has 1 saturated heterocycles. The number of nitrogens with one attached hydrogen (secondary N) is 1. The number of amides is 3. The van der Waals surface area contributed by atoms with E-state index in [0.29, 0.717) is 38.0 Å². The van der Waals surface area contributed by atoms with Crippen LogP contribution in [0.4, 0.5) is 15.3 Å². The van der Waals surface area contributed by atoms with Crippen molar-refractivity contribution >= 4 is 17.8 Å². The highest BCUT2D eigenvalue weighted by Crippen LogP contribution is 2.32. The Morgan fingerprint density at radius 2 is 1.54 bits per heavy atom. The lowest BCUT2D eigenvalue weighted by Gasteiger charge is -2.35. The molecule has 37 heavy (non-hydrogen) atoms. The van der Waals surface area contributed by atoms with E-state index >= 15 is 0 Å². The predicted molar refractivity (Wildman–Crippen MR) is 146 cm³/mol. The Bertz CT molecular complexity index is 1010. The molecule has 200 valence electrons. The van der Waals surface area contributed by atoms with Crippen LogP contribution in [0.5, 0.6) is 5.75 Å². The minimum Gasteiger partial charge on any atom is -0.493 e. The van der Waals surface area contributed by atoms with Crippen molar-refractivity contribution in [3.63, 3.8) is 0 Å². The third kappa shape index (κ3) is 8.41. The molecule has 1 saturated carbocycles. The zero-order chi connectivity index (χ0) is 26.3. The van der Waals surface area contributed by atoms with Crippen molar-refractivity contribution in [2.75, 3.05) is 38.1 Å². The number of ether oxygens (including phenoxy) is 2. The Kier molecular flexibility index (Phi) is 8.95. The number of piperazine rings is 1. The smallest absolute Gasteiger partial charge is 0.410 e. The zero-order valence-corrected chi connectivity index (χ0v) is 22.4. The maximum Gasteiger partial charge on any atom is 0.410 e. The van der Waals surface area contributed by atoms with E-state index in [-0.39, 0.29) is 12.1 Å². The number of para-hydroxylation sites is 1. The molecule has 1 aliphatic carbocycles. The topological polar surface area (TPSA) is 71.1 Å². The first-order valence-electron chi connectivity index (χ1n) is 13.6. The number of urea groups is 1. The van der Waals surface area contributed by atoms with Gasteiger partial charge in [0.25, 0.3) is 0 Å². The molecule has 7 heteroatoms. The third-order valence-electron chi connectivity index (χ3n) is 7.07. The first-order chi connectivity index (χ1) is 17.7. The van der Waals surface area contributed by atoms with Gasteiger partial charge in [-0.15, -0.1) is 0 Å². The first-order valence-corrected chi connectivity index (χ1v) is 13.6. The van der Waals surface area contributed by atoms with Gasteiger partial charge in [0.2, 0.25) is 0 Å². The van der Waals surface area contributed by atoms with Crippen molar-refractivity contribution in [2.24, 2.45) is 11.8 Å². The number of carbonyl (C=O) groups is 2. The highest BCUT2D eigenvalue weighted by Gasteiger charge is 2.28. The molecule has 0 radical (unpaired) electrons. The van der Waals surface area contributed by atoms with E-state index < -0.39 is 5.60 Å². The van der Waals surface area contributed by atoms with E-state index in [0.717, 1.165) is 24.5 Å². The number of rotatable bonds is 6. The molecule has 2 fully saturated rings. The molecule has 2 aromatic carbocycles. The van der Waals surface area contributed by atoms with Crippen LogP contribution in [-0.4, -0.2) is 60.3 Å². The SMILES string of the molecule is CC(C)(C)OC(=O)N1CCN(C(=O)Nc2ccc(CC3CCCC(COc4ccccc4)C3)cc2)CC1. The summed E-state index contributed by atoms with van der Waals surface area (Å²) in [7, 11) is 0. The van der Waals surface area contributed by atoms with E-state index in [2.05, 4.69) is 17.4 Å². The molecule has 7 nitrogen and oxygen atoms in total. The van der Waals surface area contributed by atoms with Gasteiger partial charge in [-0.1, -0.05) is 43.2 Å². The monoisotopic (exact) mass is 507 g/mol. The quantitative estimate of drug-likeness (QED) is 0.505. The molecule has 0 bridgehead atoms. The van der Waals surface area contributed by atoms with Crippen molar-refractivity contribution < 1.29 is 19.1 Å². The van der Waals surface area contributed by atoms with Gasteiger partial charge in [0.1, 0.15) is 11.4 Å².